The minimum Gasteiger partial charge on any atom is -0.494 e. The molecule has 3 rings (SSSR count). The Morgan fingerprint density at radius 1 is 1.14 bits per heavy atom. The zero-order chi connectivity index (χ0) is 25.5. The highest BCUT2D eigenvalue weighted by molar-refractivity contribution is 6.31. The SMILES string of the molecule is [2H]c1c([2H])c(C([2H])([2H])c2cc([C@@H]3O[C@H](CO)[C@@H](O)[C@H](O)[C@H]3O)ccc2Cl)c([2H])c([2H])c1OCC. The van der Waals surface area contributed by atoms with Gasteiger partial charge in [-0.25, -0.2) is 0 Å². The fourth-order valence-corrected chi connectivity index (χ4v) is 3.07. The van der Waals surface area contributed by atoms with Gasteiger partial charge in [0.25, 0.3) is 0 Å². The second-order valence-electron chi connectivity index (χ2n) is 6.25. The van der Waals surface area contributed by atoms with Gasteiger partial charge in [-0.2, -0.15) is 0 Å². The third-order valence-corrected chi connectivity index (χ3v) is 4.69. The van der Waals surface area contributed by atoms with Crippen LogP contribution in [0.5, 0.6) is 5.75 Å². The maximum absolute atomic E-state index is 10.4. The van der Waals surface area contributed by atoms with Crippen molar-refractivity contribution in [2.75, 3.05) is 13.2 Å². The Bertz CT molecular complexity index is 1040. The molecule has 7 heteroatoms. The lowest BCUT2D eigenvalue weighted by molar-refractivity contribution is -0.231. The smallest absolute Gasteiger partial charge is 0.119 e. The van der Waals surface area contributed by atoms with E-state index < -0.39 is 73.2 Å². The maximum atomic E-state index is 10.4. The fourth-order valence-electron chi connectivity index (χ4n) is 2.91. The van der Waals surface area contributed by atoms with Crippen molar-refractivity contribution in [3.63, 3.8) is 0 Å². The summed E-state index contributed by atoms with van der Waals surface area (Å²) in [7, 11) is 0. The number of hydrogen-bond donors (Lipinski definition) is 4. The van der Waals surface area contributed by atoms with Crippen LogP contribution in [0.1, 0.15) is 37.9 Å². The van der Waals surface area contributed by atoms with Gasteiger partial charge in [-0.3, -0.25) is 0 Å². The van der Waals surface area contributed by atoms with Crippen LogP contribution in [0.4, 0.5) is 0 Å². The van der Waals surface area contributed by atoms with Crippen molar-refractivity contribution in [2.24, 2.45) is 0 Å². The molecule has 28 heavy (non-hydrogen) atoms. The van der Waals surface area contributed by atoms with E-state index in [1.165, 1.54) is 18.2 Å². The van der Waals surface area contributed by atoms with E-state index in [1.54, 1.807) is 6.92 Å². The Morgan fingerprint density at radius 2 is 1.86 bits per heavy atom. The lowest BCUT2D eigenvalue weighted by atomic mass is 9.90. The number of hydrogen-bond acceptors (Lipinski definition) is 6. The molecule has 5 atom stereocenters. The summed E-state index contributed by atoms with van der Waals surface area (Å²) < 4.78 is 61.0. The van der Waals surface area contributed by atoms with E-state index in [0.717, 1.165) is 0 Å². The molecule has 0 radical (unpaired) electrons. The molecule has 152 valence electrons. The topological polar surface area (TPSA) is 99.4 Å². The van der Waals surface area contributed by atoms with Gasteiger partial charge in [-0.1, -0.05) is 35.8 Å². The Labute approximate surface area is 177 Å². The van der Waals surface area contributed by atoms with Crippen molar-refractivity contribution in [1.82, 2.24) is 0 Å². The molecule has 0 amide bonds. The van der Waals surface area contributed by atoms with Crippen LogP contribution in [0.2, 0.25) is 5.02 Å². The fraction of sp³-hybridized carbons (Fsp3) is 0.429. The van der Waals surface area contributed by atoms with Crippen LogP contribution in [-0.4, -0.2) is 58.1 Å². The van der Waals surface area contributed by atoms with Crippen molar-refractivity contribution >= 4 is 11.6 Å². The Hall–Kier alpha value is -1.67. The van der Waals surface area contributed by atoms with E-state index in [1.807, 2.05) is 0 Å². The van der Waals surface area contributed by atoms with Gasteiger partial charge >= 0.3 is 0 Å². The van der Waals surface area contributed by atoms with Gasteiger partial charge in [0.05, 0.1) is 18.7 Å². The molecule has 0 saturated carbocycles. The number of rotatable bonds is 6. The molecule has 0 spiro atoms. The van der Waals surface area contributed by atoms with Crippen molar-refractivity contribution in [3.05, 3.63) is 64.1 Å². The summed E-state index contributed by atoms with van der Waals surface area (Å²) in [5.41, 5.74) is -0.631. The van der Waals surface area contributed by atoms with Crippen LogP contribution in [-0.2, 0) is 11.1 Å². The zero-order valence-electron chi connectivity index (χ0n) is 21.0. The summed E-state index contributed by atoms with van der Waals surface area (Å²) in [5, 5.41) is 39.9. The molecule has 1 aliphatic rings. The van der Waals surface area contributed by atoms with Crippen LogP contribution in [0.25, 0.3) is 0 Å². The summed E-state index contributed by atoms with van der Waals surface area (Å²) in [5.74, 6) is -0.293. The van der Waals surface area contributed by atoms with Crippen molar-refractivity contribution in [1.29, 1.82) is 0 Å². The number of halogens is 1. The average Bonchev–Trinajstić information content (AvgIpc) is 2.79. The van der Waals surface area contributed by atoms with Crippen molar-refractivity contribution in [2.45, 2.75) is 43.8 Å². The third-order valence-electron chi connectivity index (χ3n) is 4.36. The molecule has 0 aliphatic carbocycles. The van der Waals surface area contributed by atoms with Crippen LogP contribution in [0.3, 0.4) is 0 Å². The van der Waals surface area contributed by atoms with Gasteiger partial charge in [0.2, 0.25) is 0 Å². The van der Waals surface area contributed by atoms with Crippen LogP contribution < -0.4 is 4.74 Å². The van der Waals surface area contributed by atoms with Crippen LogP contribution in [0, 0.1) is 0 Å². The van der Waals surface area contributed by atoms with Gasteiger partial charge in [0.1, 0.15) is 36.3 Å². The van der Waals surface area contributed by atoms with Crippen molar-refractivity contribution < 1.29 is 38.1 Å². The molecule has 4 N–H and O–H groups in total. The minimum atomic E-state index is -2.62. The van der Waals surface area contributed by atoms with Gasteiger partial charge in [0, 0.05) is 7.76 Å². The maximum Gasteiger partial charge on any atom is 0.119 e. The summed E-state index contributed by atoms with van der Waals surface area (Å²) >= 11 is 6.27. The lowest BCUT2D eigenvalue weighted by Crippen LogP contribution is -2.55. The first-order valence-corrected chi connectivity index (χ1v) is 9.10. The Balaban J connectivity index is 2.14. The van der Waals surface area contributed by atoms with Crippen molar-refractivity contribution in [3.8, 4) is 5.75 Å². The highest BCUT2D eigenvalue weighted by Gasteiger charge is 2.43. The first kappa shape index (κ1) is 14.3. The van der Waals surface area contributed by atoms with E-state index in [-0.39, 0.29) is 28.5 Å². The first-order valence-electron chi connectivity index (χ1n) is 11.7. The Kier molecular flexibility index (Phi) is 4.72. The molecular weight excluding hydrogens is 384 g/mol. The van der Waals surface area contributed by atoms with E-state index in [4.69, 9.17) is 29.3 Å². The number of ether oxygens (including phenoxy) is 2. The molecule has 1 fully saturated rings. The lowest BCUT2D eigenvalue weighted by Gasteiger charge is -2.40. The third kappa shape index (κ3) is 4.49. The van der Waals surface area contributed by atoms with Gasteiger partial charge < -0.3 is 29.9 Å². The number of benzene rings is 2. The molecule has 6 nitrogen and oxygen atoms in total. The highest BCUT2D eigenvalue weighted by atomic mass is 35.5. The van der Waals surface area contributed by atoms with E-state index in [9.17, 15) is 20.4 Å². The summed E-state index contributed by atoms with van der Waals surface area (Å²) in [6.45, 7) is 1.07. The van der Waals surface area contributed by atoms with Gasteiger partial charge in [-0.05, 0) is 48.1 Å². The summed E-state index contributed by atoms with van der Waals surface area (Å²) in [6, 6.07) is 1.58. The van der Waals surface area contributed by atoms with E-state index in [0.29, 0.717) is 0 Å². The average molecular weight is 415 g/mol. The normalized spacial score (nSPS) is 31.1. The Morgan fingerprint density at radius 3 is 2.50 bits per heavy atom. The molecule has 0 bridgehead atoms. The quantitative estimate of drug-likeness (QED) is 0.575. The molecule has 1 aliphatic heterocycles. The predicted molar refractivity (Wildman–Crippen MR) is 105 cm³/mol. The van der Waals surface area contributed by atoms with Crippen LogP contribution >= 0.6 is 11.6 Å². The molecule has 0 aromatic heterocycles. The minimum absolute atomic E-state index is 0.0931. The molecule has 1 saturated heterocycles. The van der Waals surface area contributed by atoms with E-state index >= 15 is 0 Å². The molecule has 0 unspecified atom stereocenters. The summed E-state index contributed by atoms with van der Waals surface area (Å²) in [4.78, 5) is 0. The molecule has 2 aromatic carbocycles. The van der Waals surface area contributed by atoms with Crippen LogP contribution in [0.15, 0.2) is 42.4 Å². The molecular formula is C21H25ClO6. The zero-order valence-corrected chi connectivity index (χ0v) is 15.8. The number of aliphatic hydroxyl groups excluding tert-OH is 4. The van der Waals surface area contributed by atoms with Gasteiger partial charge in [-0.15, -0.1) is 0 Å². The van der Waals surface area contributed by atoms with Gasteiger partial charge in [0.15, 0.2) is 0 Å². The standard InChI is InChI=1S/C21H25ClO6/c1-2-27-15-6-3-12(4-7-15)9-14-10-13(5-8-16(14)22)21-20(26)19(25)18(24)17(11-23)28-21/h3-8,10,17-21,23-26H,2,9,11H2,1H3/t17-,18-,19+,20-,21+/m1/s1/i3D,4D,6D,7D,9D2. The molecule has 2 aromatic rings. The largest absolute Gasteiger partial charge is 0.494 e. The summed E-state index contributed by atoms with van der Waals surface area (Å²) in [6.07, 6.45) is -9.88. The number of aliphatic hydroxyl groups is 4. The molecule has 1 heterocycles. The monoisotopic (exact) mass is 414 g/mol. The second-order valence-corrected chi connectivity index (χ2v) is 6.66. The predicted octanol–water partition coefficient (Wildman–Crippen LogP) is 1.84. The van der Waals surface area contributed by atoms with E-state index in [2.05, 4.69) is 0 Å². The highest BCUT2D eigenvalue weighted by Crippen LogP contribution is 2.34. The first-order chi connectivity index (χ1) is 15.9. The second kappa shape index (κ2) is 9.22.